The SMILES string of the molecule is C=C/C=C\CCCN=C. The molecule has 0 rings (SSSR count). The van der Waals surface area contributed by atoms with Gasteiger partial charge in [0.1, 0.15) is 0 Å². The van der Waals surface area contributed by atoms with Gasteiger partial charge in [0.05, 0.1) is 0 Å². The molecule has 1 heteroatoms. The standard InChI is InChI=1S/C8H13N/c1-3-4-5-6-7-8-9-2/h3-5H,1-2,6-8H2/b5-4-. The molecule has 0 aromatic heterocycles. The third-order valence-corrected chi connectivity index (χ3v) is 0.959. The number of unbranched alkanes of at least 4 members (excludes halogenated alkanes) is 1. The minimum Gasteiger partial charge on any atom is -0.301 e. The third-order valence-electron chi connectivity index (χ3n) is 0.959. The second-order valence-electron chi connectivity index (χ2n) is 1.75. The summed E-state index contributed by atoms with van der Waals surface area (Å²) in [5.41, 5.74) is 0. The summed E-state index contributed by atoms with van der Waals surface area (Å²) in [6, 6.07) is 0. The van der Waals surface area contributed by atoms with E-state index in [1.807, 2.05) is 6.08 Å². The van der Waals surface area contributed by atoms with Gasteiger partial charge in [-0.1, -0.05) is 24.8 Å². The molecule has 0 unspecified atom stereocenters. The van der Waals surface area contributed by atoms with Crippen LogP contribution < -0.4 is 0 Å². The summed E-state index contributed by atoms with van der Waals surface area (Å²) in [6.45, 7) is 7.80. The minimum absolute atomic E-state index is 0.863. The Balaban J connectivity index is 2.98. The maximum atomic E-state index is 3.72. The van der Waals surface area contributed by atoms with Crippen LogP contribution in [0.3, 0.4) is 0 Å². The van der Waals surface area contributed by atoms with Gasteiger partial charge in [-0.15, -0.1) is 0 Å². The van der Waals surface area contributed by atoms with Crippen LogP contribution in [0.5, 0.6) is 0 Å². The smallest absolute Gasteiger partial charge is 0.0385 e. The van der Waals surface area contributed by atoms with E-state index >= 15 is 0 Å². The maximum Gasteiger partial charge on any atom is 0.0385 e. The zero-order valence-corrected chi connectivity index (χ0v) is 5.71. The van der Waals surface area contributed by atoms with Crippen molar-refractivity contribution in [2.45, 2.75) is 12.8 Å². The molecule has 0 aromatic carbocycles. The molecule has 50 valence electrons. The highest BCUT2D eigenvalue weighted by Gasteiger charge is 1.76. The average molecular weight is 123 g/mol. The zero-order valence-electron chi connectivity index (χ0n) is 5.71. The Morgan fingerprint density at radius 2 is 2.22 bits per heavy atom. The number of hydrogen-bond donors (Lipinski definition) is 0. The molecule has 0 radical (unpaired) electrons. The number of aliphatic imine (C=N–C) groups is 1. The van der Waals surface area contributed by atoms with Crippen molar-refractivity contribution in [2.75, 3.05) is 6.54 Å². The van der Waals surface area contributed by atoms with Crippen LogP contribution in [0.2, 0.25) is 0 Å². The fourth-order valence-electron chi connectivity index (χ4n) is 0.513. The Morgan fingerprint density at radius 1 is 1.44 bits per heavy atom. The highest BCUT2D eigenvalue weighted by molar-refractivity contribution is 5.23. The molecule has 0 atom stereocenters. The summed E-state index contributed by atoms with van der Waals surface area (Å²) in [4.78, 5) is 3.72. The Labute approximate surface area is 56.8 Å². The van der Waals surface area contributed by atoms with Crippen molar-refractivity contribution < 1.29 is 0 Å². The molecule has 0 aliphatic heterocycles. The molecular formula is C8H13N. The third kappa shape index (κ3) is 7.15. The van der Waals surface area contributed by atoms with E-state index in [0.29, 0.717) is 0 Å². The van der Waals surface area contributed by atoms with Gasteiger partial charge in [0.2, 0.25) is 0 Å². The van der Waals surface area contributed by atoms with E-state index in [0.717, 1.165) is 19.4 Å². The molecule has 0 fully saturated rings. The molecule has 0 heterocycles. The van der Waals surface area contributed by atoms with Gasteiger partial charge in [0.25, 0.3) is 0 Å². The molecule has 0 amide bonds. The quantitative estimate of drug-likeness (QED) is 0.302. The summed E-state index contributed by atoms with van der Waals surface area (Å²) in [5.74, 6) is 0. The van der Waals surface area contributed by atoms with Crippen LogP contribution >= 0.6 is 0 Å². The first-order chi connectivity index (χ1) is 4.41. The van der Waals surface area contributed by atoms with Crippen LogP contribution in [0.25, 0.3) is 0 Å². The largest absolute Gasteiger partial charge is 0.301 e. The van der Waals surface area contributed by atoms with Gasteiger partial charge in [-0.05, 0) is 19.6 Å². The Bertz CT molecular complexity index is 103. The van der Waals surface area contributed by atoms with Crippen molar-refractivity contribution in [3.63, 3.8) is 0 Å². The lowest BCUT2D eigenvalue weighted by atomic mass is 10.3. The lowest BCUT2D eigenvalue weighted by Crippen LogP contribution is -1.75. The predicted molar refractivity (Wildman–Crippen MR) is 43.0 cm³/mol. The van der Waals surface area contributed by atoms with Crippen LogP contribution in [-0.4, -0.2) is 13.3 Å². The normalized spacial score (nSPS) is 9.78. The summed E-state index contributed by atoms with van der Waals surface area (Å²) in [7, 11) is 0. The van der Waals surface area contributed by atoms with Gasteiger partial charge in [-0.25, -0.2) is 0 Å². The van der Waals surface area contributed by atoms with Crippen molar-refractivity contribution in [1.82, 2.24) is 0 Å². The minimum atomic E-state index is 0.863. The molecule has 1 nitrogen and oxygen atoms in total. The zero-order chi connectivity index (χ0) is 6.95. The molecule has 0 aliphatic carbocycles. The van der Waals surface area contributed by atoms with Crippen LogP contribution in [-0.2, 0) is 0 Å². The Kier molecular flexibility index (Phi) is 6.47. The highest BCUT2D eigenvalue weighted by Crippen LogP contribution is 1.90. The van der Waals surface area contributed by atoms with Gasteiger partial charge < -0.3 is 4.99 Å². The topological polar surface area (TPSA) is 12.4 Å². The Morgan fingerprint density at radius 3 is 2.78 bits per heavy atom. The summed E-state index contributed by atoms with van der Waals surface area (Å²) in [5, 5.41) is 0. The van der Waals surface area contributed by atoms with Gasteiger partial charge in [-0.2, -0.15) is 0 Å². The van der Waals surface area contributed by atoms with Crippen molar-refractivity contribution in [3.05, 3.63) is 24.8 Å². The van der Waals surface area contributed by atoms with Crippen molar-refractivity contribution in [1.29, 1.82) is 0 Å². The number of allylic oxidation sites excluding steroid dienone is 3. The first-order valence-corrected chi connectivity index (χ1v) is 3.12. The molecule has 0 aliphatic rings. The fourth-order valence-corrected chi connectivity index (χ4v) is 0.513. The van der Waals surface area contributed by atoms with E-state index in [9.17, 15) is 0 Å². The van der Waals surface area contributed by atoms with Crippen LogP contribution in [0.4, 0.5) is 0 Å². The molecule has 0 aromatic rings. The molecule has 0 spiro atoms. The predicted octanol–water partition coefficient (Wildman–Crippen LogP) is 2.21. The van der Waals surface area contributed by atoms with Crippen molar-refractivity contribution in [3.8, 4) is 0 Å². The number of nitrogens with zero attached hydrogens (tertiary/aromatic N) is 1. The molecule has 0 bridgehead atoms. The second kappa shape index (κ2) is 7.15. The molecule has 0 saturated carbocycles. The highest BCUT2D eigenvalue weighted by atomic mass is 14.7. The van der Waals surface area contributed by atoms with Crippen LogP contribution in [0.15, 0.2) is 29.8 Å². The second-order valence-corrected chi connectivity index (χ2v) is 1.75. The summed E-state index contributed by atoms with van der Waals surface area (Å²) < 4.78 is 0. The van der Waals surface area contributed by atoms with Crippen molar-refractivity contribution in [2.24, 2.45) is 4.99 Å². The van der Waals surface area contributed by atoms with Gasteiger partial charge in [0, 0.05) is 6.54 Å². The van der Waals surface area contributed by atoms with E-state index in [2.05, 4.69) is 24.4 Å². The van der Waals surface area contributed by atoms with Crippen molar-refractivity contribution >= 4 is 6.72 Å². The van der Waals surface area contributed by atoms with Gasteiger partial charge >= 0.3 is 0 Å². The first-order valence-electron chi connectivity index (χ1n) is 3.12. The summed E-state index contributed by atoms with van der Waals surface area (Å²) in [6.07, 6.45) is 7.97. The fraction of sp³-hybridized carbons (Fsp3) is 0.375. The molecule has 0 saturated heterocycles. The molecular weight excluding hydrogens is 110 g/mol. The van der Waals surface area contributed by atoms with E-state index in [4.69, 9.17) is 0 Å². The average Bonchev–Trinajstić information content (AvgIpc) is 1.89. The number of rotatable bonds is 5. The maximum absolute atomic E-state index is 3.72. The van der Waals surface area contributed by atoms with E-state index < -0.39 is 0 Å². The van der Waals surface area contributed by atoms with Crippen LogP contribution in [0, 0.1) is 0 Å². The summed E-state index contributed by atoms with van der Waals surface area (Å²) >= 11 is 0. The van der Waals surface area contributed by atoms with Gasteiger partial charge in [-0.3, -0.25) is 0 Å². The molecule has 9 heavy (non-hydrogen) atoms. The number of hydrogen-bond acceptors (Lipinski definition) is 1. The lowest BCUT2D eigenvalue weighted by Gasteiger charge is -1.86. The monoisotopic (exact) mass is 123 g/mol. The lowest BCUT2D eigenvalue weighted by molar-refractivity contribution is 0.860. The van der Waals surface area contributed by atoms with E-state index in [1.165, 1.54) is 0 Å². The van der Waals surface area contributed by atoms with Crippen LogP contribution in [0.1, 0.15) is 12.8 Å². The van der Waals surface area contributed by atoms with E-state index in [1.54, 1.807) is 6.08 Å². The Hall–Kier alpha value is -0.850. The van der Waals surface area contributed by atoms with E-state index in [-0.39, 0.29) is 0 Å². The van der Waals surface area contributed by atoms with Gasteiger partial charge in [0.15, 0.2) is 0 Å². The first kappa shape index (κ1) is 8.15. The molecule has 0 N–H and O–H groups in total.